The van der Waals surface area contributed by atoms with Crippen LogP contribution in [0.5, 0.6) is 0 Å². The number of likely N-dealkylation sites (N-methyl/N-ethyl adjacent to an activating group) is 1. The topological polar surface area (TPSA) is 70.2 Å². The Morgan fingerprint density at radius 3 is 2.26 bits per heavy atom. The number of rotatable bonds is 11. The van der Waals surface area contributed by atoms with E-state index in [1.54, 1.807) is 31.3 Å². The van der Waals surface area contributed by atoms with Crippen molar-refractivity contribution >= 4 is 16.0 Å². The Morgan fingerprint density at radius 2 is 1.62 bits per heavy atom. The number of likely N-dealkylation sites (tertiary alicyclic amines) is 1. The summed E-state index contributed by atoms with van der Waals surface area (Å²) in [4.78, 5) is 17.8. The number of methoxy groups -OCH3 is 1. The van der Waals surface area contributed by atoms with E-state index in [1.807, 2.05) is 24.3 Å². The molecule has 0 N–H and O–H groups in total. The van der Waals surface area contributed by atoms with Crippen LogP contribution in [-0.4, -0.2) is 81.5 Å². The van der Waals surface area contributed by atoms with E-state index in [9.17, 15) is 13.2 Å². The predicted octanol–water partition coefficient (Wildman–Crippen LogP) is 4.96. The van der Waals surface area contributed by atoms with E-state index >= 15 is 0 Å². The van der Waals surface area contributed by atoms with Gasteiger partial charge in [0.15, 0.2) is 0 Å². The van der Waals surface area contributed by atoms with Crippen molar-refractivity contribution in [3.05, 3.63) is 66.2 Å². The zero-order chi connectivity index (χ0) is 27.8. The normalized spacial score (nSPS) is 22.2. The van der Waals surface area contributed by atoms with Crippen molar-refractivity contribution in [2.24, 2.45) is 5.92 Å². The summed E-state index contributed by atoms with van der Waals surface area (Å²) in [5.41, 5.74) is 1.15. The molecule has 1 saturated carbocycles. The summed E-state index contributed by atoms with van der Waals surface area (Å²) in [6.07, 6.45) is 8.82. The van der Waals surface area contributed by atoms with Crippen molar-refractivity contribution in [3.63, 3.8) is 0 Å². The maximum atomic E-state index is 13.3. The molecular weight excluding hydrogens is 510 g/mol. The highest BCUT2D eigenvalue weighted by Crippen LogP contribution is 2.32. The van der Waals surface area contributed by atoms with Crippen LogP contribution < -0.4 is 0 Å². The van der Waals surface area contributed by atoms with Gasteiger partial charge in [0, 0.05) is 32.7 Å². The number of benzene rings is 2. The molecule has 7 nitrogen and oxygen atoms in total. The zero-order valence-corrected chi connectivity index (χ0v) is 24.6. The van der Waals surface area contributed by atoms with Gasteiger partial charge >= 0.3 is 5.97 Å². The minimum atomic E-state index is -3.58. The second-order valence-corrected chi connectivity index (χ2v) is 13.3. The Bertz CT molecular complexity index is 1140. The summed E-state index contributed by atoms with van der Waals surface area (Å²) in [5.74, 6) is -0.130. The first-order valence-electron chi connectivity index (χ1n) is 14.4. The van der Waals surface area contributed by atoms with Crippen LogP contribution in [0.4, 0.5) is 0 Å². The Labute approximate surface area is 235 Å². The molecule has 0 radical (unpaired) electrons. The van der Waals surface area contributed by atoms with Crippen LogP contribution in [0.15, 0.2) is 65.6 Å². The number of sulfonamides is 1. The highest BCUT2D eigenvalue weighted by atomic mass is 32.2. The van der Waals surface area contributed by atoms with E-state index < -0.39 is 10.0 Å². The van der Waals surface area contributed by atoms with E-state index in [1.165, 1.54) is 43.5 Å². The lowest BCUT2D eigenvalue weighted by Crippen LogP contribution is -2.56. The lowest BCUT2D eigenvalue weighted by atomic mass is 9.89. The Balaban J connectivity index is 1.51. The van der Waals surface area contributed by atoms with Gasteiger partial charge < -0.3 is 4.74 Å². The molecule has 2 fully saturated rings. The number of ether oxygens (including phenoxy) is 1. The Kier molecular flexibility index (Phi) is 10.6. The third kappa shape index (κ3) is 7.48. The van der Waals surface area contributed by atoms with Crippen LogP contribution >= 0.6 is 0 Å². The summed E-state index contributed by atoms with van der Waals surface area (Å²) in [7, 11) is 1.81. The largest absolute Gasteiger partial charge is 0.469 e. The molecule has 0 aromatic heterocycles. The van der Waals surface area contributed by atoms with Gasteiger partial charge in [0.25, 0.3) is 0 Å². The fraction of sp³-hybridized carbons (Fsp3) is 0.581. The van der Waals surface area contributed by atoms with Gasteiger partial charge in [-0.15, -0.1) is 0 Å². The molecule has 1 heterocycles. The van der Waals surface area contributed by atoms with E-state index in [0.717, 1.165) is 37.9 Å². The van der Waals surface area contributed by atoms with Crippen molar-refractivity contribution < 1.29 is 17.9 Å². The van der Waals surface area contributed by atoms with Crippen LogP contribution in [0, 0.1) is 5.92 Å². The van der Waals surface area contributed by atoms with Gasteiger partial charge in [0.2, 0.25) is 10.0 Å². The SMILES string of the molecule is COC(=O)C1CCN(CCC(CN(C)S(=O)(=O)c2ccccc2)c2ccccc2)C(N(C)C2CCCCC2)C1. The van der Waals surface area contributed by atoms with Crippen LogP contribution in [0.2, 0.25) is 0 Å². The average Bonchev–Trinajstić information content (AvgIpc) is 2.99. The second-order valence-electron chi connectivity index (χ2n) is 11.2. The van der Waals surface area contributed by atoms with E-state index in [2.05, 4.69) is 29.0 Å². The quantitative estimate of drug-likeness (QED) is 0.365. The van der Waals surface area contributed by atoms with Gasteiger partial charge in [-0.3, -0.25) is 14.6 Å². The lowest BCUT2D eigenvalue weighted by Gasteiger charge is -2.47. The Morgan fingerprint density at radius 1 is 0.974 bits per heavy atom. The fourth-order valence-electron chi connectivity index (χ4n) is 6.38. The van der Waals surface area contributed by atoms with Crippen molar-refractivity contribution in [1.82, 2.24) is 14.1 Å². The van der Waals surface area contributed by atoms with E-state index in [0.29, 0.717) is 17.5 Å². The molecular formula is C31H45N3O4S. The maximum absolute atomic E-state index is 13.3. The molecule has 3 unspecified atom stereocenters. The number of piperidine rings is 1. The molecule has 2 aliphatic rings. The molecule has 1 aliphatic heterocycles. The van der Waals surface area contributed by atoms with Crippen LogP contribution in [0.25, 0.3) is 0 Å². The molecule has 1 aliphatic carbocycles. The maximum Gasteiger partial charge on any atom is 0.308 e. The number of hydrogen-bond acceptors (Lipinski definition) is 6. The van der Waals surface area contributed by atoms with E-state index in [4.69, 9.17) is 4.74 Å². The predicted molar refractivity (Wildman–Crippen MR) is 155 cm³/mol. The van der Waals surface area contributed by atoms with Crippen molar-refractivity contribution in [2.75, 3.05) is 40.8 Å². The van der Waals surface area contributed by atoms with Crippen LogP contribution in [0.1, 0.15) is 62.8 Å². The first-order chi connectivity index (χ1) is 18.8. The van der Waals surface area contributed by atoms with Crippen LogP contribution in [0.3, 0.4) is 0 Å². The minimum absolute atomic E-state index is 0.0497. The third-order valence-electron chi connectivity index (χ3n) is 8.80. The van der Waals surface area contributed by atoms with Gasteiger partial charge in [-0.05, 0) is 62.8 Å². The summed E-state index contributed by atoms with van der Waals surface area (Å²) >= 11 is 0. The van der Waals surface area contributed by atoms with Crippen LogP contribution in [-0.2, 0) is 19.6 Å². The molecule has 39 heavy (non-hydrogen) atoms. The molecule has 0 amide bonds. The monoisotopic (exact) mass is 555 g/mol. The molecule has 8 heteroatoms. The van der Waals surface area contributed by atoms with Gasteiger partial charge in [-0.1, -0.05) is 67.8 Å². The van der Waals surface area contributed by atoms with E-state index in [-0.39, 0.29) is 24.0 Å². The summed E-state index contributed by atoms with van der Waals surface area (Å²) < 4.78 is 33.3. The second kappa shape index (κ2) is 13.9. The molecule has 2 aromatic carbocycles. The molecule has 0 spiro atoms. The molecule has 3 atom stereocenters. The van der Waals surface area contributed by atoms with Gasteiger partial charge in [0.1, 0.15) is 0 Å². The number of esters is 1. The number of carbonyl (C=O) groups excluding carboxylic acids is 1. The summed E-state index contributed by atoms with van der Waals surface area (Å²) in [5, 5.41) is 0. The molecule has 4 rings (SSSR count). The number of hydrogen-bond donors (Lipinski definition) is 0. The smallest absolute Gasteiger partial charge is 0.308 e. The standard InChI is InChI=1S/C31H45N3O4S/c1-32(39(36,37)29-17-11-6-12-18-29)24-27(25-13-7-4-8-14-25)20-22-34-21-19-26(31(35)38-3)23-30(34)33(2)28-15-9-5-10-16-28/h4,6-8,11-14,17-18,26-28,30H,5,9-10,15-16,19-24H2,1-3H3. The van der Waals surface area contributed by atoms with Gasteiger partial charge in [-0.2, -0.15) is 0 Å². The molecule has 0 bridgehead atoms. The zero-order valence-electron chi connectivity index (χ0n) is 23.7. The summed E-state index contributed by atoms with van der Waals surface area (Å²) in [6, 6.07) is 19.4. The molecule has 214 valence electrons. The summed E-state index contributed by atoms with van der Waals surface area (Å²) in [6.45, 7) is 2.08. The molecule has 2 aromatic rings. The average molecular weight is 556 g/mol. The highest BCUT2D eigenvalue weighted by molar-refractivity contribution is 7.89. The lowest BCUT2D eigenvalue weighted by molar-refractivity contribution is -0.150. The highest BCUT2D eigenvalue weighted by Gasteiger charge is 2.37. The van der Waals surface area contributed by atoms with Crippen molar-refractivity contribution in [2.45, 2.75) is 74.4 Å². The Hall–Kier alpha value is -2.26. The third-order valence-corrected chi connectivity index (χ3v) is 10.6. The van der Waals surface area contributed by atoms with Gasteiger partial charge in [0.05, 0.1) is 24.1 Å². The fourth-order valence-corrected chi connectivity index (χ4v) is 7.62. The number of nitrogens with zero attached hydrogens (tertiary/aromatic N) is 3. The molecule has 1 saturated heterocycles. The van der Waals surface area contributed by atoms with Crippen molar-refractivity contribution in [3.8, 4) is 0 Å². The van der Waals surface area contributed by atoms with Gasteiger partial charge in [-0.25, -0.2) is 12.7 Å². The minimum Gasteiger partial charge on any atom is -0.469 e. The first kappa shape index (κ1) is 29.7. The van der Waals surface area contributed by atoms with Crippen molar-refractivity contribution in [1.29, 1.82) is 0 Å². The first-order valence-corrected chi connectivity index (χ1v) is 15.9. The number of carbonyl (C=O) groups is 1.